The van der Waals surface area contributed by atoms with E-state index in [1.54, 1.807) is 27.7 Å². The summed E-state index contributed by atoms with van der Waals surface area (Å²) in [4.78, 5) is 47.3. The average molecular weight is 867 g/mol. The minimum atomic E-state index is -1.51. The van der Waals surface area contributed by atoms with E-state index in [2.05, 4.69) is 22.1 Å². The van der Waals surface area contributed by atoms with E-state index in [0.717, 1.165) is 55.8 Å². The fourth-order valence-electron chi connectivity index (χ4n) is 9.16. The van der Waals surface area contributed by atoms with Gasteiger partial charge in [-0.15, -0.1) is 0 Å². The van der Waals surface area contributed by atoms with Crippen molar-refractivity contribution in [1.82, 2.24) is 19.9 Å². The van der Waals surface area contributed by atoms with E-state index in [-0.39, 0.29) is 0 Å². The number of nitrogens with one attached hydrogen (secondary N) is 2. The first-order valence-electron chi connectivity index (χ1n) is 22.0. The lowest BCUT2D eigenvalue weighted by Gasteiger charge is -2.28. The third kappa shape index (κ3) is 8.17. The number of benzene rings is 4. The number of rotatable bonds is 10. The Labute approximate surface area is 382 Å². The van der Waals surface area contributed by atoms with Crippen molar-refractivity contribution < 1.29 is 19.1 Å². The van der Waals surface area contributed by atoms with Gasteiger partial charge in [0, 0.05) is 56.2 Å². The number of aromatic nitrogens is 4. The normalized spacial score (nSPS) is 15.2. The van der Waals surface area contributed by atoms with E-state index in [4.69, 9.17) is 19.4 Å². The minimum Gasteiger partial charge on any atom is -0.462 e. The molecule has 66 heavy (non-hydrogen) atoms. The summed E-state index contributed by atoms with van der Waals surface area (Å²) in [5.41, 5.74) is 11.0. The van der Waals surface area contributed by atoms with Crippen molar-refractivity contribution in [3.63, 3.8) is 0 Å². The molecule has 5 heterocycles. The summed E-state index contributed by atoms with van der Waals surface area (Å²) in [6.07, 6.45) is 2.93. The summed E-state index contributed by atoms with van der Waals surface area (Å²) in [6, 6.07) is 51.7. The molecule has 4 aromatic carbocycles. The van der Waals surface area contributed by atoms with Crippen molar-refractivity contribution in [3.05, 3.63) is 168 Å². The lowest BCUT2D eigenvalue weighted by Crippen LogP contribution is -2.33. The number of carbonyl (C=O) groups excluding carboxylic acids is 2. The molecule has 0 aliphatic carbocycles. The first-order valence-corrected chi connectivity index (χ1v) is 22.0. The molecule has 0 amide bonds. The van der Waals surface area contributed by atoms with Crippen LogP contribution < -0.4 is 0 Å². The van der Waals surface area contributed by atoms with Crippen LogP contribution in [-0.4, -0.2) is 44.1 Å². The largest absolute Gasteiger partial charge is 0.462 e. The topological polar surface area (TPSA) is 158 Å². The van der Waals surface area contributed by atoms with Crippen molar-refractivity contribution in [2.45, 2.75) is 51.7 Å². The van der Waals surface area contributed by atoms with Gasteiger partial charge in [0.25, 0.3) is 0 Å². The maximum atomic E-state index is 14.4. The van der Waals surface area contributed by atoms with Crippen LogP contribution in [0, 0.1) is 34.5 Å². The van der Waals surface area contributed by atoms with Gasteiger partial charge in [-0.25, -0.2) is 4.98 Å². The molecule has 0 saturated carbocycles. The first-order chi connectivity index (χ1) is 32.1. The highest BCUT2D eigenvalue weighted by molar-refractivity contribution is 5.98. The Bertz CT molecular complexity index is 3020. The fraction of sp³-hybridized carbons (Fsp3) is 0.179. The quantitative estimate of drug-likeness (QED) is 0.129. The van der Waals surface area contributed by atoms with Crippen molar-refractivity contribution in [2.75, 3.05) is 0 Å². The number of H-pyrrole nitrogens is 2. The number of ether oxygens (including phenoxy) is 2. The number of hydrogen-bond donors (Lipinski definition) is 2. The number of aromatic amines is 2. The van der Waals surface area contributed by atoms with Crippen LogP contribution in [0.4, 0.5) is 0 Å². The summed E-state index contributed by atoms with van der Waals surface area (Å²) in [6.45, 7) is 6.86. The van der Waals surface area contributed by atoms with Crippen LogP contribution in [0.5, 0.6) is 0 Å². The van der Waals surface area contributed by atoms with Crippen molar-refractivity contribution in [2.24, 2.45) is 11.8 Å². The Balaban J connectivity index is 1.55. The molecule has 4 atom stereocenters. The van der Waals surface area contributed by atoms with Crippen LogP contribution in [0.3, 0.4) is 0 Å². The Kier molecular flexibility index (Phi) is 12.0. The SMILES string of the molecule is CC(C)OC(=O)C(C#N)[C@@H]1c2nc(c(-c3ccccc3)c3ccc([nH]3)c(-c3ccccc3)c3nc(c(-c4ccccc4)c4ccc([nH]4)c2-c2ccccc2)C=C3)[C@H]1C(C#N)C(=O)OC(C)C. The zero-order valence-corrected chi connectivity index (χ0v) is 36.9. The second kappa shape index (κ2) is 18.4. The van der Waals surface area contributed by atoms with Gasteiger partial charge in [0.05, 0.1) is 47.1 Å². The fourth-order valence-corrected chi connectivity index (χ4v) is 9.16. The van der Waals surface area contributed by atoms with Gasteiger partial charge < -0.3 is 19.4 Å². The molecular weight excluding hydrogens is 821 g/mol. The van der Waals surface area contributed by atoms with Crippen molar-refractivity contribution >= 4 is 46.2 Å². The van der Waals surface area contributed by atoms with E-state index in [1.807, 2.05) is 158 Å². The molecule has 8 bridgehead atoms. The zero-order chi connectivity index (χ0) is 45.9. The molecule has 0 radical (unpaired) electrons. The van der Waals surface area contributed by atoms with Gasteiger partial charge in [0.15, 0.2) is 11.8 Å². The van der Waals surface area contributed by atoms with Gasteiger partial charge in [-0.1, -0.05) is 121 Å². The average Bonchev–Trinajstić information content (AvgIpc) is 4.16. The number of nitrogens with zero attached hydrogens (tertiary/aromatic N) is 4. The van der Waals surface area contributed by atoms with E-state index in [1.165, 1.54) is 0 Å². The van der Waals surface area contributed by atoms with Gasteiger partial charge in [-0.2, -0.15) is 10.5 Å². The number of nitriles is 2. The predicted molar refractivity (Wildman–Crippen MR) is 258 cm³/mol. The van der Waals surface area contributed by atoms with Crippen LogP contribution >= 0.6 is 0 Å². The minimum absolute atomic E-state index is 0.332. The van der Waals surface area contributed by atoms with Gasteiger partial charge in [-0.3, -0.25) is 14.6 Å². The highest BCUT2D eigenvalue weighted by Crippen LogP contribution is 2.53. The number of fused-ring (bicyclic) bond motifs is 8. The molecule has 0 saturated heterocycles. The monoisotopic (exact) mass is 866 g/mol. The summed E-state index contributed by atoms with van der Waals surface area (Å²) < 4.78 is 11.7. The van der Waals surface area contributed by atoms with E-state index < -0.39 is 47.8 Å². The molecule has 9 rings (SSSR count). The van der Waals surface area contributed by atoms with Crippen LogP contribution in [0.1, 0.15) is 62.3 Å². The second-order valence-electron chi connectivity index (χ2n) is 16.9. The van der Waals surface area contributed by atoms with Gasteiger partial charge in [0.2, 0.25) is 0 Å². The highest BCUT2D eigenvalue weighted by Gasteiger charge is 2.51. The number of carbonyl (C=O) groups is 2. The van der Waals surface area contributed by atoms with Gasteiger partial charge >= 0.3 is 11.9 Å². The standard InChI is InChI=1S/C56H46N6O4/c1-33(2)65-55(63)39(31-57)51-52(40(32-58)56(64)66-34(3)4)54-50(38-23-15-8-16-24-38)46-30-28-44(61-46)48(36-19-11-6-12-20-36)42-26-25-41(59-42)47(35-17-9-5-10-18-35)43-27-29-45(60-43)49(53(51)62-54)37-21-13-7-14-22-37/h5-30,33-34,39-40,51-52,60-61H,1-4H3/t39?,40?,51-,52-/m0/s1. The second-order valence-corrected chi connectivity index (χ2v) is 16.9. The maximum absolute atomic E-state index is 14.4. The van der Waals surface area contributed by atoms with E-state index in [9.17, 15) is 20.1 Å². The Morgan fingerprint density at radius 1 is 0.470 bits per heavy atom. The molecule has 7 aromatic rings. The van der Waals surface area contributed by atoms with E-state index >= 15 is 0 Å². The first kappa shape index (κ1) is 42.9. The summed E-state index contributed by atoms with van der Waals surface area (Å²) in [5.74, 6) is -6.99. The van der Waals surface area contributed by atoms with Gasteiger partial charge in [0.1, 0.15) is 0 Å². The molecule has 2 unspecified atom stereocenters. The van der Waals surface area contributed by atoms with Crippen LogP contribution in [0.2, 0.25) is 0 Å². The van der Waals surface area contributed by atoms with Crippen LogP contribution in [0.25, 0.3) is 78.7 Å². The van der Waals surface area contributed by atoms with Crippen molar-refractivity contribution in [3.8, 4) is 56.6 Å². The van der Waals surface area contributed by atoms with Gasteiger partial charge in [-0.05, 0) is 86.4 Å². The molecule has 324 valence electrons. The Morgan fingerprint density at radius 2 is 0.773 bits per heavy atom. The summed E-state index contributed by atoms with van der Waals surface area (Å²) in [7, 11) is 0. The molecular formula is C56H46N6O4. The van der Waals surface area contributed by atoms with Crippen LogP contribution in [-0.2, 0) is 19.1 Å². The van der Waals surface area contributed by atoms with Crippen LogP contribution in [0.15, 0.2) is 146 Å². The maximum Gasteiger partial charge on any atom is 0.324 e. The molecule has 0 spiro atoms. The highest BCUT2D eigenvalue weighted by atomic mass is 16.5. The molecule has 0 fully saturated rings. The molecule has 3 aromatic heterocycles. The third-order valence-corrected chi connectivity index (χ3v) is 11.8. The van der Waals surface area contributed by atoms with E-state index in [0.29, 0.717) is 33.5 Å². The third-order valence-electron chi connectivity index (χ3n) is 11.8. The number of esters is 2. The lowest BCUT2D eigenvalue weighted by molar-refractivity contribution is -0.154. The molecule has 2 N–H and O–H groups in total. The Hall–Kier alpha value is -8.34. The predicted octanol–water partition coefficient (Wildman–Crippen LogP) is 12.2. The summed E-state index contributed by atoms with van der Waals surface area (Å²) >= 11 is 0. The molecule has 10 heteroatoms. The Morgan fingerprint density at radius 3 is 1.08 bits per heavy atom. The number of hydrogen-bond acceptors (Lipinski definition) is 8. The zero-order valence-electron chi connectivity index (χ0n) is 36.9. The summed E-state index contributed by atoms with van der Waals surface area (Å²) in [5, 5.41) is 22.5. The smallest absolute Gasteiger partial charge is 0.324 e. The van der Waals surface area contributed by atoms with Crippen molar-refractivity contribution in [1.29, 1.82) is 10.5 Å². The lowest BCUT2D eigenvalue weighted by atomic mass is 9.72. The molecule has 10 nitrogen and oxygen atoms in total. The molecule has 2 aliphatic heterocycles. The molecule has 2 aliphatic rings.